The lowest BCUT2D eigenvalue weighted by molar-refractivity contribution is 0.0555. The monoisotopic (exact) mass is 294 g/mol. The average molecular weight is 294 g/mol. The minimum atomic E-state index is 0.468. The van der Waals surface area contributed by atoms with Gasteiger partial charge in [-0.25, -0.2) is 4.98 Å². The summed E-state index contributed by atoms with van der Waals surface area (Å²) in [6, 6.07) is 0.468. The van der Waals surface area contributed by atoms with Gasteiger partial charge in [-0.05, 0) is 7.05 Å². The molecule has 0 aliphatic carbocycles. The minimum absolute atomic E-state index is 0.468. The fourth-order valence-corrected chi connectivity index (χ4v) is 3.42. The Bertz CT molecular complexity index is 451. The highest BCUT2D eigenvalue weighted by Crippen LogP contribution is 2.20. The van der Waals surface area contributed by atoms with Crippen molar-refractivity contribution in [3.63, 3.8) is 0 Å². The minimum Gasteiger partial charge on any atom is -0.383 e. The van der Waals surface area contributed by atoms with E-state index in [4.69, 9.17) is 9.47 Å². The Balaban J connectivity index is 1.70. The second-order valence-corrected chi connectivity index (χ2v) is 6.24. The Labute approximate surface area is 126 Å². The summed E-state index contributed by atoms with van der Waals surface area (Å²) in [4.78, 5) is 9.53. The second kappa shape index (κ2) is 6.87. The van der Waals surface area contributed by atoms with Crippen molar-refractivity contribution in [1.82, 2.24) is 19.4 Å². The number of fused-ring (bicyclic) bond motifs is 3. The molecule has 6 nitrogen and oxygen atoms in total. The quantitative estimate of drug-likeness (QED) is 0.781. The van der Waals surface area contributed by atoms with Crippen LogP contribution in [-0.4, -0.2) is 79.0 Å². The number of likely N-dealkylation sites (N-methyl/N-ethyl adjacent to an activating group) is 1. The Kier molecular flexibility index (Phi) is 4.90. The lowest BCUT2D eigenvalue weighted by Crippen LogP contribution is -2.42. The molecule has 6 heteroatoms. The molecular formula is C15H26N4O2. The summed E-state index contributed by atoms with van der Waals surface area (Å²) in [5.41, 5.74) is 0. The largest absolute Gasteiger partial charge is 0.383 e. The molecule has 2 aliphatic rings. The molecule has 2 saturated heterocycles. The molecule has 0 radical (unpaired) electrons. The number of aromatic nitrogens is 2. The predicted molar refractivity (Wildman–Crippen MR) is 80.1 cm³/mol. The van der Waals surface area contributed by atoms with Gasteiger partial charge in [0.1, 0.15) is 5.82 Å². The number of methoxy groups -OCH3 is 1. The zero-order chi connectivity index (χ0) is 14.7. The van der Waals surface area contributed by atoms with E-state index >= 15 is 0 Å². The first-order valence-corrected chi connectivity index (χ1v) is 7.75. The second-order valence-electron chi connectivity index (χ2n) is 6.24. The van der Waals surface area contributed by atoms with Gasteiger partial charge in [0.15, 0.2) is 0 Å². The normalized spacial score (nSPS) is 27.7. The molecule has 0 saturated carbocycles. The van der Waals surface area contributed by atoms with Gasteiger partial charge in [0, 0.05) is 57.6 Å². The lowest BCUT2D eigenvalue weighted by atomic mass is 10.1. The van der Waals surface area contributed by atoms with Gasteiger partial charge in [0.2, 0.25) is 0 Å². The van der Waals surface area contributed by atoms with Crippen molar-refractivity contribution in [1.29, 1.82) is 0 Å². The molecule has 2 fully saturated rings. The molecule has 2 bridgehead atoms. The summed E-state index contributed by atoms with van der Waals surface area (Å²) in [5.74, 6) is 1.73. The summed E-state index contributed by atoms with van der Waals surface area (Å²) in [6.45, 7) is 7.52. The summed E-state index contributed by atoms with van der Waals surface area (Å²) < 4.78 is 13.2. The van der Waals surface area contributed by atoms with Crippen LogP contribution in [0.2, 0.25) is 0 Å². The summed E-state index contributed by atoms with van der Waals surface area (Å²) in [6.07, 6.45) is 3.93. The number of ether oxygens (including phenoxy) is 2. The fourth-order valence-electron chi connectivity index (χ4n) is 3.42. The van der Waals surface area contributed by atoms with Crippen LogP contribution in [0.1, 0.15) is 5.82 Å². The number of hydrogen-bond acceptors (Lipinski definition) is 5. The van der Waals surface area contributed by atoms with Gasteiger partial charge in [-0.1, -0.05) is 0 Å². The zero-order valence-corrected chi connectivity index (χ0v) is 13.1. The van der Waals surface area contributed by atoms with Crippen LogP contribution in [0.4, 0.5) is 0 Å². The van der Waals surface area contributed by atoms with Crippen molar-refractivity contribution in [3.8, 4) is 0 Å². The zero-order valence-electron chi connectivity index (χ0n) is 13.1. The third-order valence-electron chi connectivity index (χ3n) is 4.45. The van der Waals surface area contributed by atoms with E-state index in [1.165, 1.54) is 0 Å². The lowest BCUT2D eigenvalue weighted by Gasteiger charge is -2.29. The van der Waals surface area contributed by atoms with Crippen molar-refractivity contribution in [2.24, 2.45) is 5.92 Å². The molecule has 21 heavy (non-hydrogen) atoms. The third kappa shape index (κ3) is 3.63. The maximum atomic E-state index is 5.84. The van der Waals surface area contributed by atoms with Gasteiger partial charge in [-0.3, -0.25) is 4.90 Å². The molecule has 0 aromatic carbocycles. The van der Waals surface area contributed by atoms with Gasteiger partial charge in [0.25, 0.3) is 0 Å². The van der Waals surface area contributed by atoms with Crippen LogP contribution in [0.15, 0.2) is 12.4 Å². The van der Waals surface area contributed by atoms with Gasteiger partial charge in [-0.15, -0.1) is 0 Å². The van der Waals surface area contributed by atoms with Crippen LogP contribution in [0.5, 0.6) is 0 Å². The fraction of sp³-hybridized carbons (Fsp3) is 0.800. The molecule has 0 amide bonds. The van der Waals surface area contributed by atoms with E-state index in [0.29, 0.717) is 12.0 Å². The van der Waals surface area contributed by atoms with Crippen molar-refractivity contribution in [2.75, 3.05) is 53.6 Å². The Hall–Kier alpha value is -0.950. The van der Waals surface area contributed by atoms with Crippen LogP contribution in [-0.2, 0) is 22.6 Å². The molecular weight excluding hydrogens is 268 g/mol. The molecule has 2 atom stereocenters. The number of rotatable bonds is 5. The molecule has 0 spiro atoms. The average Bonchev–Trinajstić information content (AvgIpc) is 2.72. The van der Waals surface area contributed by atoms with Gasteiger partial charge >= 0.3 is 0 Å². The first-order valence-electron chi connectivity index (χ1n) is 7.75. The molecule has 118 valence electrons. The SMILES string of the molecule is COCCn1ccnc1CN1C[C@H]2COC[C@@H]1CN(C)C2. The Morgan fingerprint density at radius 3 is 3.10 bits per heavy atom. The summed E-state index contributed by atoms with van der Waals surface area (Å²) in [5, 5.41) is 0. The van der Waals surface area contributed by atoms with Crippen molar-refractivity contribution in [2.45, 2.75) is 19.1 Å². The van der Waals surface area contributed by atoms with Gasteiger partial charge in [-0.2, -0.15) is 0 Å². The van der Waals surface area contributed by atoms with E-state index in [9.17, 15) is 0 Å². The number of hydrogen-bond donors (Lipinski definition) is 0. The van der Waals surface area contributed by atoms with E-state index in [1.807, 2.05) is 12.4 Å². The summed E-state index contributed by atoms with van der Waals surface area (Å²) >= 11 is 0. The highest BCUT2D eigenvalue weighted by Gasteiger charge is 2.32. The highest BCUT2D eigenvalue weighted by molar-refractivity contribution is 4.95. The molecule has 3 rings (SSSR count). The van der Waals surface area contributed by atoms with Crippen LogP contribution in [0, 0.1) is 5.92 Å². The first-order chi connectivity index (χ1) is 10.3. The van der Waals surface area contributed by atoms with E-state index in [2.05, 4.69) is 26.4 Å². The van der Waals surface area contributed by atoms with Crippen LogP contribution >= 0.6 is 0 Å². The van der Waals surface area contributed by atoms with Crippen LogP contribution in [0.25, 0.3) is 0 Å². The molecule has 2 aliphatic heterocycles. The predicted octanol–water partition coefficient (Wildman–Crippen LogP) is 0.292. The highest BCUT2D eigenvalue weighted by atomic mass is 16.5. The number of nitrogens with zero attached hydrogens (tertiary/aromatic N) is 4. The van der Waals surface area contributed by atoms with Gasteiger partial charge < -0.3 is 18.9 Å². The van der Waals surface area contributed by atoms with E-state index in [-0.39, 0.29) is 0 Å². The first kappa shape index (κ1) is 15.0. The molecule has 0 N–H and O–H groups in total. The molecule has 3 heterocycles. The Morgan fingerprint density at radius 2 is 2.24 bits per heavy atom. The van der Waals surface area contributed by atoms with E-state index < -0.39 is 0 Å². The van der Waals surface area contributed by atoms with Gasteiger partial charge in [0.05, 0.1) is 26.4 Å². The standard InChI is InChI=1S/C15H26N4O2/c1-17-7-13-8-19(14(9-17)12-21-11-13)10-15-16-3-4-18(15)5-6-20-2/h3-4,13-14H,5-12H2,1-2H3/t13-,14-/m0/s1. The maximum Gasteiger partial charge on any atom is 0.122 e. The van der Waals surface area contributed by atoms with E-state index in [1.54, 1.807) is 7.11 Å². The number of imidazole rings is 1. The molecule has 1 aromatic heterocycles. The van der Waals surface area contributed by atoms with Crippen molar-refractivity contribution < 1.29 is 9.47 Å². The van der Waals surface area contributed by atoms with E-state index in [0.717, 1.165) is 58.4 Å². The smallest absolute Gasteiger partial charge is 0.122 e. The third-order valence-corrected chi connectivity index (χ3v) is 4.45. The van der Waals surface area contributed by atoms with Crippen molar-refractivity contribution in [3.05, 3.63) is 18.2 Å². The summed E-state index contributed by atoms with van der Waals surface area (Å²) in [7, 11) is 3.95. The topological polar surface area (TPSA) is 42.8 Å². The molecule has 1 aromatic rings. The van der Waals surface area contributed by atoms with Crippen LogP contribution in [0.3, 0.4) is 0 Å². The molecule has 0 unspecified atom stereocenters. The van der Waals surface area contributed by atoms with Crippen LogP contribution < -0.4 is 0 Å². The maximum absolute atomic E-state index is 5.84. The Morgan fingerprint density at radius 1 is 1.33 bits per heavy atom. The van der Waals surface area contributed by atoms with Crippen molar-refractivity contribution >= 4 is 0 Å².